The summed E-state index contributed by atoms with van der Waals surface area (Å²) in [4.78, 5) is 12.9. The molecule has 4 fully saturated rings. The molecule has 7 rings (SSSR count). The maximum atomic E-state index is 14.9. The second-order valence-corrected chi connectivity index (χ2v) is 14.0. The van der Waals surface area contributed by atoms with Gasteiger partial charge >= 0.3 is 5.97 Å². The highest BCUT2D eigenvalue weighted by atomic mass is 19.1. The monoisotopic (exact) mass is 638 g/mol. The van der Waals surface area contributed by atoms with Crippen molar-refractivity contribution in [1.29, 1.82) is 0 Å². The van der Waals surface area contributed by atoms with E-state index in [1.807, 2.05) is 24.3 Å². The number of hydrogen-bond donors (Lipinski definition) is 0. The largest absolute Gasteiger partial charge is 0.488 e. The Kier molecular flexibility index (Phi) is 9.50. The second kappa shape index (κ2) is 13.3. The van der Waals surface area contributed by atoms with Gasteiger partial charge in [-0.2, -0.15) is 0 Å². The molecular weight excluding hydrogens is 591 g/mol. The van der Waals surface area contributed by atoms with E-state index in [1.54, 1.807) is 34.5 Å². The maximum Gasteiger partial charge on any atom is 0.344 e. The minimum absolute atomic E-state index is 0.0922. The van der Waals surface area contributed by atoms with Crippen LogP contribution in [0.3, 0.4) is 0 Å². The highest BCUT2D eigenvalue weighted by Crippen LogP contribution is 2.60. The van der Waals surface area contributed by atoms with Crippen LogP contribution in [0.25, 0.3) is 11.0 Å². The van der Waals surface area contributed by atoms with Crippen LogP contribution < -0.4 is 4.74 Å². The van der Waals surface area contributed by atoms with E-state index in [-0.39, 0.29) is 13.0 Å². The molecular formula is C37H47FO8. The summed E-state index contributed by atoms with van der Waals surface area (Å²) in [6.07, 6.45) is 6.93. The summed E-state index contributed by atoms with van der Waals surface area (Å²) in [6.45, 7) is 4.90. The molecule has 0 saturated heterocycles. The van der Waals surface area contributed by atoms with E-state index in [1.165, 1.54) is 6.92 Å². The van der Waals surface area contributed by atoms with Gasteiger partial charge in [-0.1, -0.05) is 6.92 Å². The van der Waals surface area contributed by atoms with Crippen LogP contribution >= 0.6 is 0 Å². The van der Waals surface area contributed by atoms with Gasteiger partial charge in [0, 0.05) is 44.3 Å². The molecule has 250 valence electrons. The van der Waals surface area contributed by atoms with Gasteiger partial charge in [0.2, 0.25) is 5.67 Å². The third kappa shape index (κ3) is 6.70. The molecule has 4 aliphatic carbocycles. The molecule has 0 aliphatic heterocycles. The summed E-state index contributed by atoms with van der Waals surface area (Å²) in [6, 6.07) is 10.2. The summed E-state index contributed by atoms with van der Waals surface area (Å²) < 4.78 is 56.7. The lowest BCUT2D eigenvalue weighted by Crippen LogP contribution is -2.62. The fourth-order valence-electron chi connectivity index (χ4n) is 8.37. The predicted octanol–water partition coefficient (Wildman–Crippen LogP) is 7.74. The number of fused-ring (bicyclic) bond motifs is 1. The number of halogens is 1. The zero-order valence-corrected chi connectivity index (χ0v) is 27.7. The minimum Gasteiger partial charge on any atom is -0.488 e. The first-order valence-corrected chi connectivity index (χ1v) is 16.4. The zero-order chi connectivity index (χ0) is 32.5. The molecule has 8 nitrogen and oxygen atoms in total. The smallest absolute Gasteiger partial charge is 0.344 e. The minimum atomic E-state index is -1.98. The Morgan fingerprint density at radius 2 is 1.50 bits per heavy atom. The number of methoxy groups -OCH3 is 3. The zero-order valence-electron chi connectivity index (χ0n) is 27.7. The molecule has 0 amide bonds. The number of rotatable bonds is 15. The van der Waals surface area contributed by atoms with E-state index in [4.69, 9.17) is 32.8 Å². The van der Waals surface area contributed by atoms with Gasteiger partial charge in [0.1, 0.15) is 23.5 Å². The third-order valence-corrected chi connectivity index (χ3v) is 10.2. The van der Waals surface area contributed by atoms with Crippen molar-refractivity contribution in [2.75, 3.05) is 21.3 Å². The number of alkyl halides is 1. The van der Waals surface area contributed by atoms with Crippen LogP contribution in [0.5, 0.6) is 5.75 Å². The average Bonchev–Trinajstić information content (AvgIpc) is 3.46. The summed E-state index contributed by atoms with van der Waals surface area (Å²) in [5.41, 5.74) is 2.54. The van der Waals surface area contributed by atoms with Gasteiger partial charge in [0.15, 0.2) is 0 Å². The van der Waals surface area contributed by atoms with Crippen LogP contribution in [-0.4, -0.2) is 44.2 Å². The van der Waals surface area contributed by atoms with E-state index in [0.717, 1.165) is 76.6 Å². The van der Waals surface area contributed by atoms with Gasteiger partial charge in [0.05, 0.1) is 38.3 Å². The van der Waals surface area contributed by atoms with Crippen molar-refractivity contribution < 1.29 is 42.0 Å². The van der Waals surface area contributed by atoms with Crippen molar-refractivity contribution >= 4 is 16.9 Å². The Morgan fingerprint density at radius 3 is 2.13 bits per heavy atom. The number of benzene rings is 2. The number of esters is 1. The van der Waals surface area contributed by atoms with Gasteiger partial charge in [-0.3, -0.25) is 0 Å². The lowest BCUT2D eigenvalue weighted by molar-refractivity contribution is -0.241. The number of furan rings is 1. The first-order chi connectivity index (χ1) is 22.1. The topological polar surface area (TPSA) is 85.6 Å². The van der Waals surface area contributed by atoms with Gasteiger partial charge in [-0.25, -0.2) is 9.18 Å². The van der Waals surface area contributed by atoms with Gasteiger partial charge in [0.25, 0.3) is 0 Å². The standard InChI is InChI=1S/C37H47FO8/c1-6-35(2,38)34(39)46-37-16-25-9-26(17-37)15-36(14-25,23-37)45-22-28-12-27-7-8-43-32(27)13-29(28)21-44-33-30(19-41-4)10-24(18-40-3)11-31(33)20-42-5/h7-8,10-13,25-26H,6,9,14-23H2,1-5H3. The molecule has 2 aromatic carbocycles. The molecule has 3 unspecified atom stereocenters. The summed E-state index contributed by atoms with van der Waals surface area (Å²) in [5.74, 6) is 0.792. The Morgan fingerprint density at radius 1 is 0.870 bits per heavy atom. The molecule has 46 heavy (non-hydrogen) atoms. The Balaban J connectivity index is 1.25. The van der Waals surface area contributed by atoms with Gasteiger partial charge in [-0.15, -0.1) is 0 Å². The van der Waals surface area contributed by atoms with Crippen molar-refractivity contribution in [3.8, 4) is 5.75 Å². The van der Waals surface area contributed by atoms with E-state index in [0.29, 0.717) is 44.7 Å². The molecule has 4 bridgehead atoms. The highest BCUT2D eigenvalue weighted by Gasteiger charge is 2.61. The van der Waals surface area contributed by atoms with E-state index in [2.05, 4.69) is 6.07 Å². The lowest BCUT2D eigenvalue weighted by atomic mass is 9.52. The molecule has 1 heterocycles. The number of carbonyl (C=O) groups is 1. The van der Waals surface area contributed by atoms with E-state index in [9.17, 15) is 9.18 Å². The molecule has 9 heteroatoms. The number of ether oxygens (including phenoxy) is 6. The number of hydrogen-bond acceptors (Lipinski definition) is 8. The van der Waals surface area contributed by atoms with Gasteiger partial charge in [-0.05, 0) is 104 Å². The fourth-order valence-corrected chi connectivity index (χ4v) is 8.37. The predicted molar refractivity (Wildman–Crippen MR) is 170 cm³/mol. The molecule has 0 radical (unpaired) electrons. The Hall–Kier alpha value is -2.98. The first-order valence-electron chi connectivity index (χ1n) is 16.4. The molecule has 4 saturated carbocycles. The molecule has 3 aromatic rings. The van der Waals surface area contributed by atoms with Crippen molar-refractivity contribution in [1.82, 2.24) is 0 Å². The highest BCUT2D eigenvalue weighted by molar-refractivity contribution is 5.79. The molecule has 0 N–H and O–H groups in total. The normalized spacial score (nSPS) is 26.4. The van der Waals surface area contributed by atoms with Crippen molar-refractivity contribution in [3.05, 3.63) is 64.4 Å². The molecule has 4 aliphatic rings. The van der Waals surface area contributed by atoms with Crippen LogP contribution in [0.15, 0.2) is 41.0 Å². The SMILES string of the molecule is CCC(C)(F)C(=O)OC12CC3CC(CC(OCc4cc5ccoc5cc4COc4c(COC)cc(COC)cc4COC)(C3)C1)C2. The first kappa shape index (κ1) is 32.9. The summed E-state index contributed by atoms with van der Waals surface area (Å²) in [5, 5.41) is 0.990. The van der Waals surface area contributed by atoms with Crippen molar-refractivity contribution in [2.45, 2.75) is 109 Å². The third-order valence-electron chi connectivity index (χ3n) is 10.2. The Labute approximate surface area is 270 Å². The summed E-state index contributed by atoms with van der Waals surface area (Å²) in [7, 11) is 5.00. The lowest BCUT2D eigenvalue weighted by Gasteiger charge is -2.60. The molecule has 1 aromatic heterocycles. The van der Waals surface area contributed by atoms with E-state index >= 15 is 0 Å². The Bertz CT molecular complexity index is 1500. The van der Waals surface area contributed by atoms with Gasteiger partial charge < -0.3 is 32.8 Å². The number of carbonyl (C=O) groups excluding carboxylic acids is 1. The van der Waals surface area contributed by atoms with Crippen LogP contribution in [-0.2, 0) is 61.5 Å². The fraction of sp³-hybridized carbons (Fsp3) is 0.595. The molecule has 3 atom stereocenters. The molecule has 0 spiro atoms. The van der Waals surface area contributed by atoms with Crippen LogP contribution in [0.1, 0.15) is 86.6 Å². The second-order valence-electron chi connectivity index (χ2n) is 14.0. The van der Waals surface area contributed by atoms with Crippen LogP contribution in [0, 0.1) is 11.8 Å². The maximum absolute atomic E-state index is 14.9. The summed E-state index contributed by atoms with van der Waals surface area (Å²) >= 11 is 0. The van der Waals surface area contributed by atoms with Crippen molar-refractivity contribution in [2.24, 2.45) is 11.8 Å². The average molecular weight is 639 g/mol. The van der Waals surface area contributed by atoms with E-state index < -0.39 is 22.8 Å². The van der Waals surface area contributed by atoms with Crippen LogP contribution in [0.2, 0.25) is 0 Å². The van der Waals surface area contributed by atoms with Crippen molar-refractivity contribution in [3.63, 3.8) is 0 Å². The quantitative estimate of drug-likeness (QED) is 0.156. The van der Waals surface area contributed by atoms with Crippen LogP contribution in [0.4, 0.5) is 4.39 Å².